The first-order valence-corrected chi connectivity index (χ1v) is 5.00. The second-order valence-corrected chi connectivity index (χ2v) is 3.51. The number of rotatable bonds is 4. The lowest BCUT2D eigenvalue weighted by molar-refractivity contribution is -0.142. The quantitative estimate of drug-likeness (QED) is 0.558. The first-order chi connectivity index (χ1) is 6.74. The average Bonchev–Trinajstić information content (AvgIpc) is 2.26. The van der Waals surface area contributed by atoms with Gasteiger partial charge in [0.15, 0.2) is 0 Å². The third kappa shape index (κ3) is 3.61. The number of piperazine rings is 1. The zero-order valence-electron chi connectivity index (χ0n) is 8.66. The number of esters is 1. The molecule has 3 N–H and O–H groups in total. The van der Waals surface area contributed by atoms with Gasteiger partial charge in [0.05, 0.1) is 7.11 Å². The second-order valence-electron chi connectivity index (χ2n) is 3.51. The molecule has 0 saturated carbocycles. The van der Waals surface area contributed by atoms with Crippen LogP contribution in [0.5, 0.6) is 0 Å². The molecule has 0 aromatic heterocycles. The smallest absolute Gasteiger partial charge is 0.322 e. The summed E-state index contributed by atoms with van der Waals surface area (Å²) in [6, 6.07) is -0.477. The van der Waals surface area contributed by atoms with Gasteiger partial charge in [-0.05, 0) is 6.42 Å². The number of nitrogens with one attached hydrogen (secondary N) is 1. The molecule has 0 radical (unpaired) electrons. The van der Waals surface area contributed by atoms with Gasteiger partial charge in [0, 0.05) is 32.7 Å². The Labute approximate surface area is 84.6 Å². The van der Waals surface area contributed by atoms with Crippen LogP contribution in [0.2, 0.25) is 0 Å². The third-order valence-corrected chi connectivity index (χ3v) is 2.47. The van der Waals surface area contributed by atoms with Gasteiger partial charge in [-0.15, -0.1) is 0 Å². The molecule has 0 spiro atoms. The molecule has 82 valence electrons. The highest BCUT2D eigenvalue weighted by atomic mass is 16.5. The van der Waals surface area contributed by atoms with Gasteiger partial charge in [-0.3, -0.25) is 4.79 Å². The molecule has 1 unspecified atom stereocenters. The fourth-order valence-corrected chi connectivity index (χ4v) is 1.53. The molecule has 1 heterocycles. The van der Waals surface area contributed by atoms with Crippen LogP contribution >= 0.6 is 0 Å². The van der Waals surface area contributed by atoms with E-state index in [0.717, 1.165) is 32.7 Å². The Morgan fingerprint density at radius 3 is 2.79 bits per heavy atom. The van der Waals surface area contributed by atoms with E-state index < -0.39 is 6.04 Å². The molecule has 5 nitrogen and oxygen atoms in total. The Kier molecular flexibility index (Phi) is 4.86. The van der Waals surface area contributed by atoms with E-state index in [4.69, 9.17) is 5.73 Å². The molecule has 1 rings (SSSR count). The van der Waals surface area contributed by atoms with E-state index in [1.165, 1.54) is 7.11 Å². The van der Waals surface area contributed by atoms with Crippen molar-refractivity contribution in [1.29, 1.82) is 0 Å². The van der Waals surface area contributed by atoms with Gasteiger partial charge in [0.2, 0.25) is 0 Å². The van der Waals surface area contributed by atoms with Crippen molar-refractivity contribution in [3.05, 3.63) is 0 Å². The highest BCUT2D eigenvalue weighted by molar-refractivity contribution is 5.75. The summed E-state index contributed by atoms with van der Waals surface area (Å²) >= 11 is 0. The van der Waals surface area contributed by atoms with Crippen molar-refractivity contribution in [3.8, 4) is 0 Å². The first kappa shape index (κ1) is 11.4. The highest BCUT2D eigenvalue weighted by Crippen LogP contribution is 1.98. The zero-order valence-corrected chi connectivity index (χ0v) is 8.66. The van der Waals surface area contributed by atoms with E-state index in [0.29, 0.717) is 6.42 Å². The summed E-state index contributed by atoms with van der Waals surface area (Å²) in [6.07, 6.45) is 0.673. The van der Waals surface area contributed by atoms with Crippen LogP contribution in [0.4, 0.5) is 0 Å². The number of hydrogen-bond acceptors (Lipinski definition) is 5. The van der Waals surface area contributed by atoms with Crippen molar-refractivity contribution >= 4 is 5.97 Å². The Morgan fingerprint density at radius 2 is 2.21 bits per heavy atom. The first-order valence-electron chi connectivity index (χ1n) is 5.00. The standard InChI is InChI=1S/C9H19N3O2/c1-14-9(13)8(10)2-5-12-6-3-11-4-7-12/h8,11H,2-7,10H2,1H3. The van der Waals surface area contributed by atoms with E-state index in [1.807, 2.05) is 0 Å². The zero-order chi connectivity index (χ0) is 10.4. The predicted octanol–water partition coefficient (Wildman–Crippen LogP) is -1.22. The van der Waals surface area contributed by atoms with E-state index in [1.54, 1.807) is 0 Å². The number of ether oxygens (including phenoxy) is 1. The summed E-state index contributed by atoms with van der Waals surface area (Å²) in [7, 11) is 1.37. The van der Waals surface area contributed by atoms with Crippen LogP contribution in [0.3, 0.4) is 0 Å². The summed E-state index contributed by atoms with van der Waals surface area (Å²) in [6.45, 7) is 4.99. The van der Waals surface area contributed by atoms with E-state index in [-0.39, 0.29) is 5.97 Å². The van der Waals surface area contributed by atoms with Gasteiger partial charge in [0.25, 0.3) is 0 Å². The lowest BCUT2D eigenvalue weighted by atomic mass is 10.2. The van der Waals surface area contributed by atoms with Crippen LogP contribution in [0, 0.1) is 0 Å². The van der Waals surface area contributed by atoms with Crippen molar-refractivity contribution in [1.82, 2.24) is 10.2 Å². The van der Waals surface area contributed by atoms with Crippen molar-refractivity contribution in [3.63, 3.8) is 0 Å². The highest BCUT2D eigenvalue weighted by Gasteiger charge is 2.16. The van der Waals surface area contributed by atoms with Gasteiger partial charge in [-0.1, -0.05) is 0 Å². The van der Waals surface area contributed by atoms with Gasteiger partial charge >= 0.3 is 5.97 Å². The summed E-state index contributed by atoms with van der Waals surface area (Å²) in [4.78, 5) is 13.3. The molecule has 1 atom stereocenters. The summed E-state index contributed by atoms with van der Waals surface area (Å²) < 4.78 is 4.56. The number of nitrogens with two attached hydrogens (primary N) is 1. The maximum absolute atomic E-state index is 11.0. The summed E-state index contributed by atoms with van der Waals surface area (Å²) in [5, 5.41) is 3.27. The Balaban J connectivity index is 2.15. The Bertz CT molecular complexity index is 181. The molecule has 1 aliphatic rings. The minimum Gasteiger partial charge on any atom is -0.468 e. The van der Waals surface area contributed by atoms with Crippen LogP contribution in [0.25, 0.3) is 0 Å². The molecule has 1 saturated heterocycles. The molecule has 0 aliphatic carbocycles. The van der Waals surface area contributed by atoms with Gasteiger partial charge < -0.3 is 20.7 Å². The lowest BCUT2D eigenvalue weighted by Crippen LogP contribution is -2.45. The molecule has 1 fully saturated rings. The molecule has 0 aromatic rings. The molecular formula is C9H19N3O2. The second kappa shape index (κ2) is 5.95. The third-order valence-electron chi connectivity index (χ3n) is 2.47. The fraction of sp³-hybridized carbons (Fsp3) is 0.889. The largest absolute Gasteiger partial charge is 0.468 e. The van der Waals surface area contributed by atoms with Crippen molar-refractivity contribution in [2.24, 2.45) is 5.73 Å². The maximum Gasteiger partial charge on any atom is 0.322 e. The SMILES string of the molecule is COC(=O)C(N)CCN1CCNCC1. The maximum atomic E-state index is 11.0. The lowest BCUT2D eigenvalue weighted by Gasteiger charge is -2.27. The molecule has 14 heavy (non-hydrogen) atoms. The van der Waals surface area contributed by atoms with Crippen molar-refractivity contribution in [2.75, 3.05) is 39.8 Å². The van der Waals surface area contributed by atoms with Crippen molar-refractivity contribution in [2.45, 2.75) is 12.5 Å². The van der Waals surface area contributed by atoms with Crippen LogP contribution in [0.1, 0.15) is 6.42 Å². The number of carbonyl (C=O) groups excluding carboxylic acids is 1. The van der Waals surface area contributed by atoms with Gasteiger partial charge in [-0.2, -0.15) is 0 Å². The predicted molar refractivity (Wildman–Crippen MR) is 53.9 cm³/mol. The van der Waals surface area contributed by atoms with Crippen LogP contribution in [-0.2, 0) is 9.53 Å². The van der Waals surface area contributed by atoms with Crippen LogP contribution in [0.15, 0.2) is 0 Å². The molecule has 5 heteroatoms. The fourth-order valence-electron chi connectivity index (χ4n) is 1.53. The van der Waals surface area contributed by atoms with Gasteiger partial charge in [-0.25, -0.2) is 0 Å². The Morgan fingerprint density at radius 1 is 1.57 bits per heavy atom. The number of hydrogen-bond donors (Lipinski definition) is 2. The molecule has 0 bridgehead atoms. The molecular weight excluding hydrogens is 182 g/mol. The topological polar surface area (TPSA) is 67.6 Å². The van der Waals surface area contributed by atoms with Gasteiger partial charge in [0.1, 0.15) is 6.04 Å². The molecule has 0 amide bonds. The van der Waals surface area contributed by atoms with Crippen molar-refractivity contribution < 1.29 is 9.53 Å². The molecule has 1 aliphatic heterocycles. The number of methoxy groups -OCH3 is 1. The van der Waals surface area contributed by atoms with Crippen LogP contribution < -0.4 is 11.1 Å². The van der Waals surface area contributed by atoms with E-state index in [2.05, 4.69) is 15.0 Å². The summed E-state index contributed by atoms with van der Waals surface area (Å²) in [5.41, 5.74) is 5.63. The number of carbonyl (C=O) groups is 1. The van der Waals surface area contributed by atoms with E-state index >= 15 is 0 Å². The number of nitrogens with zero attached hydrogens (tertiary/aromatic N) is 1. The Hall–Kier alpha value is -0.650. The normalized spacial score (nSPS) is 20.4. The van der Waals surface area contributed by atoms with E-state index in [9.17, 15) is 4.79 Å². The minimum absolute atomic E-state index is 0.319. The summed E-state index contributed by atoms with van der Waals surface area (Å²) in [5.74, 6) is -0.319. The average molecular weight is 201 g/mol. The minimum atomic E-state index is -0.477. The monoisotopic (exact) mass is 201 g/mol. The van der Waals surface area contributed by atoms with Crippen LogP contribution in [-0.4, -0.2) is 56.7 Å². The molecule has 0 aromatic carbocycles.